The van der Waals surface area contributed by atoms with Crippen LogP contribution >= 0.6 is 11.3 Å². The number of hydrogen-bond acceptors (Lipinski definition) is 1. The predicted molar refractivity (Wildman–Crippen MR) is 285 cm³/mol. The van der Waals surface area contributed by atoms with E-state index in [1.165, 1.54) is 130 Å². The zero-order valence-electron chi connectivity index (χ0n) is 35.9. The molecule has 14 rings (SSSR count). The maximum atomic E-state index is 2.46. The van der Waals surface area contributed by atoms with Crippen LogP contribution in [-0.2, 0) is 0 Å². The van der Waals surface area contributed by atoms with E-state index >= 15 is 0 Å². The van der Waals surface area contributed by atoms with Crippen LogP contribution in [-0.4, -0.2) is 4.57 Å². The third kappa shape index (κ3) is 5.46. The van der Waals surface area contributed by atoms with E-state index < -0.39 is 0 Å². The van der Waals surface area contributed by atoms with Gasteiger partial charge in [0.05, 0.1) is 11.0 Å². The van der Waals surface area contributed by atoms with Crippen LogP contribution in [0.2, 0.25) is 0 Å². The summed E-state index contributed by atoms with van der Waals surface area (Å²) in [7, 11) is 0. The molecule has 0 aliphatic heterocycles. The molecule has 0 aliphatic rings. The highest BCUT2D eigenvalue weighted by Gasteiger charge is 2.22. The minimum Gasteiger partial charge on any atom is -0.309 e. The minimum atomic E-state index is 1.16. The first-order valence-corrected chi connectivity index (χ1v) is 23.6. The average Bonchev–Trinajstić information content (AvgIpc) is 3.93. The molecule has 0 saturated carbocycles. The molecule has 12 aromatic carbocycles. The van der Waals surface area contributed by atoms with Crippen molar-refractivity contribution in [1.29, 1.82) is 0 Å². The first kappa shape index (κ1) is 37.1. The second-order valence-electron chi connectivity index (χ2n) is 17.5. The average molecular weight is 854 g/mol. The van der Waals surface area contributed by atoms with Gasteiger partial charge in [0, 0.05) is 42.2 Å². The van der Waals surface area contributed by atoms with E-state index in [1.54, 1.807) is 0 Å². The van der Waals surface area contributed by atoms with Crippen LogP contribution in [0.15, 0.2) is 237 Å². The van der Waals surface area contributed by atoms with E-state index in [-0.39, 0.29) is 0 Å². The van der Waals surface area contributed by atoms with Gasteiger partial charge in [-0.1, -0.05) is 206 Å². The molecule has 2 heterocycles. The van der Waals surface area contributed by atoms with Crippen molar-refractivity contribution in [3.8, 4) is 50.2 Å². The van der Waals surface area contributed by atoms with Crippen molar-refractivity contribution in [3.63, 3.8) is 0 Å². The normalized spacial score (nSPS) is 11.9. The Kier molecular flexibility index (Phi) is 8.22. The second-order valence-corrected chi connectivity index (χ2v) is 18.5. The van der Waals surface area contributed by atoms with Crippen LogP contribution in [0.25, 0.3) is 135 Å². The largest absolute Gasteiger partial charge is 0.309 e. The summed E-state index contributed by atoms with van der Waals surface area (Å²) < 4.78 is 5.03. The molecule has 2 heteroatoms. The van der Waals surface area contributed by atoms with Gasteiger partial charge >= 0.3 is 0 Å². The highest BCUT2D eigenvalue weighted by atomic mass is 32.1. The number of rotatable bonds is 5. The zero-order chi connectivity index (χ0) is 43.3. The Morgan fingerprint density at radius 3 is 1.26 bits per heavy atom. The Labute approximate surface area is 385 Å². The quantitative estimate of drug-likeness (QED) is 0.152. The third-order valence-corrected chi connectivity index (χ3v) is 15.2. The van der Waals surface area contributed by atoms with Crippen molar-refractivity contribution in [2.24, 2.45) is 0 Å². The molecule has 0 spiro atoms. The molecule has 0 aliphatic carbocycles. The number of fused-ring (bicyclic) bond motifs is 10. The van der Waals surface area contributed by atoms with Crippen molar-refractivity contribution < 1.29 is 0 Å². The molecule has 0 unspecified atom stereocenters. The highest BCUT2D eigenvalue weighted by Crippen LogP contribution is 2.50. The Hall–Kier alpha value is -8.30. The zero-order valence-corrected chi connectivity index (χ0v) is 36.7. The fraction of sp³-hybridized carbons (Fsp3) is 0. The lowest BCUT2D eigenvalue weighted by Gasteiger charge is -2.18. The van der Waals surface area contributed by atoms with Crippen molar-refractivity contribution in [2.75, 3.05) is 0 Å². The summed E-state index contributed by atoms with van der Waals surface area (Å²) in [5, 5.41) is 15.2. The first-order chi connectivity index (χ1) is 32.8. The molecule has 0 bridgehead atoms. The fourth-order valence-electron chi connectivity index (χ4n) is 11.2. The Morgan fingerprint density at radius 1 is 0.258 bits per heavy atom. The van der Waals surface area contributed by atoms with Gasteiger partial charge in [-0.05, 0) is 112 Å². The smallest absolute Gasteiger partial charge is 0.0547 e. The van der Waals surface area contributed by atoms with Gasteiger partial charge in [-0.25, -0.2) is 0 Å². The maximum Gasteiger partial charge on any atom is 0.0547 e. The van der Waals surface area contributed by atoms with Crippen LogP contribution in [0.3, 0.4) is 0 Å². The van der Waals surface area contributed by atoms with E-state index in [4.69, 9.17) is 0 Å². The SMILES string of the molecule is c1ccc(-c2c3ccccc3c(-c3cccc4c3sc3cc(-c5c6ccccc6c(-c6ccc7c8ccccc8n(-c8ccccc8)c7c6)c6ccccc56)ccc34)c3ccccc23)cc1. The van der Waals surface area contributed by atoms with Crippen LogP contribution in [0.5, 0.6) is 0 Å². The van der Waals surface area contributed by atoms with Crippen LogP contribution in [0, 0.1) is 0 Å². The highest BCUT2D eigenvalue weighted by molar-refractivity contribution is 7.26. The molecule has 2 aromatic heterocycles. The van der Waals surface area contributed by atoms with Gasteiger partial charge in [-0.15, -0.1) is 11.3 Å². The van der Waals surface area contributed by atoms with Crippen molar-refractivity contribution in [3.05, 3.63) is 237 Å². The molecular weight excluding hydrogens is 815 g/mol. The molecule has 0 amide bonds. The Balaban J connectivity index is 0.982. The van der Waals surface area contributed by atoms with E-state index in [2.05, 4.69) is 241 Å². The van der Waals surface area contributed by atoms with Gasteiger partial charge in [-0.2, -0.15) is 0 Å². The van der Waals surface area contributed by atoms with Crippen molar-refractivity contribution >= 4 is 96.4 Å². The number of para-hydroxylation sites is 2. The molecule has 306 valence electrons. The lowest BCUT2D eigenvalue weighted by molar-refractivity contribution is 1.18. The molecule has 0 saturated heterocycles. The standard InChI is InChI=1S/C64H39NS/c1-3-18-40(19-4-1)60-51-27-11-13-29-53(51)63(54-30-14-12-28-52(54)60)56-32-17-31-55-46-37-35-42(39-59(46)66-64(55)56)62-49-25-9-7-23-47(49)61(48-24-8-10-26-50(48)62)41-34-36-45-44-22-15-16-33-57(44)65(58(45)38-41)43-20-5-2-6-21-43/h1-39H. The van der Waals surface area contributed by atoms with E-state index in [9.17, 15) is 0 Å². The maximum absolute atomic E-state index is 2.46. The Bertz CT molecular complexity index is 4160. The summed E-state index contributed by atoms with van der Waals surface area (Å²) in [5.41, 5.74) is 13.7. The van der Waals surface area contributed by atoms with Gasteiger partial charge in [0.25, 0.3) is 0 Å². The first-order valence-electron chi connectivity index (χ1n) is 22.8. The summed E-state index contributed by atoms with van der Waals surface area (Å²) in [6, 6.07) is 87.6. The number of hydrogen-bond donors (Lipinski definition) is 0. The van der Waals surface area contributed by atoms with E-state index in [0.29, 0.717) is 0 Å². The number of aromatic nitrogens is 1. The Morgan fingerprint density at radius 2 is 0.682 bits per heavy atom. The van der Waals surface area contributed by atoms with Gasteiger partial charge < -0.3 is 4.57 Å². The molecule has 0 fully saturated rings. The molecule has 0 atom stereocenters. The molecule has 14 aromatic rings. The van der Waals surface area contributed by atoms with Gasteiger partial charge in [0.1, 0.15) is 0 Å². The van der Waals surface area contributed by atoms with Gasteiger partial charge in [0.2, 0.25) is 0 Å². The summed E-state index contributed by atoms with van der Waals surface area (Å²) in [4.78, 5) is 0. The summed E-state index contributed by atoms with van der Waals surface area (Å²) in [6.45, 7) is 0. The predicted octanol–water partition coefficient (Wildman–Crippen LogP) is 18.4. The molecule has 0 N–H and O–H groups in total. The van der Waals surface area contributed by atoms with Crippen LogP contribution < -0.4 is 0 Å². The van der Waals surface area contributed by atoms with Gasteiger partial charge in [0.15, 0.2) is 0 Å². The van der Waals surface area contributed by atoms with Crippen molar-refractivity contribution in [1.82, 2.24) is 4.57 Å². The van der Waals surface area contributed by atoms with Crippen LogP contribution in [0.4, 0.5) is 0 Å². The molecule has 1 nitrogen and oxygen atoms in total. The van der Waals surface area contributed by atoms with E-state index in [1.807, 2.05) is 11.3 Å². The summed E-state index contributed by atoms with van der Waals surface area (Å²) in [6.07, 6.45) is 0. The van der Waals surface area contributed by atoms with Crippen molar-refractivity contribution in [2.45, 2.75) is 0 Å². The number of nitrogens with zero attached hydrogens (tertiary/aromatic N) is 1. The molecule has 0 radical (unpaired) electrons. The molecular formula is C64H39NS. The fourth-order valence-corrected chi connectivity index (χ4v) is 12.5. The monoisotopic (exact) mass is 853 g/mol. The van der Waals surface area contributed by atoms with E-state index in [0.717, 1.165) is 5.69 Å². The lowest BCUT2D eigenvalue weighted by Crippen LogP contribution is -1.94. The second kappa shape index (κ2) is 14.6. The molecule has 66 heavy (non-hydrogen) atoms. The van der Waals surface area contributed by atoms with Gasteiger partial charge in [-0.3, -0.25) is 0 Å². The van der Waals surface area contributed by atoms with Crippen LogP contribution in [0.1, 0.15) is 0 Å². The number of thiophene rings is 1. The number of benzene rings is 12. The topological polar surface area (TPSA) is 4.93 Å². The summed E-state index contributed by atoms with van der Waals surface area (Å²) >= 11 is 1.92. The summed E-state index contributed by atoms with van der Waals surface area (Å²) in [5.74, 6) is 0. The minimum absolute atomic E-state index is 1.16. The third-order valence-electron chi connectivity index (χ3n) is 14.0. The lowest BCUT2D eigenvalue weighted by atomic mass is 9.85.